The van der Waals surface area contributed by atoms with Gasteiger partial charge in [0, 0.05) is 31.4 Å². The van der Waals surface area contributed by atoms with Gasteiger partial charge in [0.25, 0.3) is 10.2 Å². The third kappa shape index (κ3) is 8.31. The highest BCUT2D eigenvalue weighted by Gasteiger charge is 2.17. The number of hydrogen-bond donors (Lipinski definition) is 2. The van der Waals surface area contributed by atoms with Crippen molar-refractivity contribution in [3.8, 4) is 0 Å². The zero-order valence-corrected chi connectivity index (χ0v) is 13.7. The fourth-order valence-electron chi connectivity index (χ4n) is 1.23. The molecule has 2 N–H and O–H groups in total. The highest BCUT2D eigenvalue weighted by atomic mass is 32.2. The van der Waals surface area contributed by atoms with E-state index in [9.17, 15) is 8.42 Å². The van der Waals surface area contributed by atoms with Crippen LogP contribution in [0.15, 0.2) is 0 Å². The maximum Gasteiger partial charge on any atom is 0.279 e. The zero-order chi connectivity index (χ0) is 14.2. The Bertz CT molecular complexity index is 307. The van der Waals surface area contributed by atoms with Crippen LogP contribution < -0.4 is 10.0 Å². The first-order valence-corrected chi connectivity index (χ1v) is 8.99. The van der Waals surface area contributed by atoms with E-state index in [1.165, 1.54) is 4.31 Å². The maximum atomic E-state index is 11.9. The van der Waals surface area contributed by atoms with Crippen LogP contribution in [0.2, 0.25) is 0 Å². The first-order chi connectivity index (χ1) is 8.29. The maximum absolute atomic E-state index is 11.9. The van der Waals surface area contributed by atoms with E-state index in [4.69, 9.17) is 0 Å². The summed E-state index contributed by atoms with van der Waals surface area (Å²) in [6.45, 7) is 7.98. The predicted octanol–water partition coefficient (Wildman–Crippen LogP) is 0.892. The van der Waals surface area contributed by atoms with Crippen molar-refractivity contribution in [3.05, 3.63) is 0 Å². The Balaban J connectivity index is 3.95. The summed E-state index contributed by atoms with van der Waals surface area (Å²) in [4.78, 5) is 0. The van der Waals surface area contributed by atoms with Gasteiger partial charge in [-0.25, -0.2) is 4.72 Å². The molecule has 0 amide bonds. The lowest BCUT2D eigenvalue weighted by Gasteiger charge is -2.19. The molecule has 0 bridgehead atoms. The summed E-state index contributed by atoms with van der Waals surface area (Å²) in [6.07, 6.45) is 2.79. The zero-order valence-electron chi connectivity index (χ0n) is 12.1. The van der Waals surface area contributed by atoms with Crippen molar-refractivity contribution in [1.29, 1.82) is 0 Å². The van der Waals surface area contributed by atoms with Gasteiger partial charge in [-0.3, -0.25) is 0 Å². The Morgan fingerprint density at radius 1 is 1.28 bits per heavy atom. The van der Waals surface area contributed by atoms with Crippen LogP contribution in [-0.4, -0.2) is 57.0 Å². The van der Waals surface area contributed by atoms with Gasteiger partial charge in [0.15, 0.2) is 0 Å². The van der Waals surface area contributed by atoms with Gasteiger partial charge < -0.3 is 5.32 Å². The predicted molar refractivity (Wildman–Crippen MR) is 80.3 cm³/mol. The highest BCUT2D eigenvalue weighted by molar-refractivity contribution is 7.99. The summed E-state index contributed by atoms with van der Waals surface area (Å²) in [5.41, 5.74) is 0. The summed E-state index contributed by atoms with van der Waals surface area (Å²) in [5, 5.41) is 3.55. The minimum Gasteiger partial charge on any atom is -0.314 e. The van der Waals surface area contributed by atoms with Crippen molar-refractivity contribution in [2.45, 2.75) is 38.5 Å². The van der Waals surface area contributed by atoms with Crippen LogP contribution in [0.1, 0.15) is 27.2 Å². The fraction of sp³-hybridized carbons (Fsp3) is 1.00. The lowest BCUT2D eigenvalue weighted by atomic mass is 10.3. The quantitative estimate of drug-likeness (QED) is 0.588. The Kier molecular flexibility index (Phi) is 9.23. The monoisotopic (exact) mass is 297 g/mol. The lowest BCUT2D eigenvalue weighted by Crippen LogP contribution is -2.41. The summed E-state index contributed by atoms with van der Waals surface area (Å²) >= 11 is 1.65. The first kappa shape index (κ1) is 18.2. The van der Waals surface area contributed by atoms with Crippen LogP contribution in [0.5, 0.6) is 0 Å². The van der Waals surface area contributed by atoms with Crippen LogP contribution in [-0.2, 0) is 10.2 Å². The van der Waals surface area contributed by atoms with Crippen LogP contribution in [0.3, 0.4) is 0 Å². The van der Waals surface area contributed by atoms with E-state index >= 15 is 0 Å². The van der Waals surface area contributed by atoms with Gasteiger partial charge in [0.2, 0.25) is 0 Å². The fourth-order valence-corrected chi connectivity index (χ4v) is 2.63. The summed E-state index contributed by atoms with van der Waals surface area (Å²) < 4.78 is 27.7. The van der Waals surface area contributed by atoms with Crippen LogP contribution >= 0.6 is 11.8 Å². The minimum atomic E-state index is -3.32. The summed E-state index contributed by atoms with van der Waals surface area (Å²) in [7, 11) is -1.71. The summed E-state index contributed by atoms with van der Waals surface area (Å²) in [6, 6.07) is 0.437. The average Bonchev–Trinajstić information content (AvgIpc) is 2.31. The van der Waals surface area contributed by atoms with E-state index in [1.807, 2.05) is 13.2 Å². The molecular weight excluding hydrogens is 270 g/mol. The molecule has 7 heteroatoms. The largest absolute Gasteiger partial charge is 0.314 e. The molecule has 18 heavy (non-hydrogen) atoms. The second-order valence-corrected chi connectivity index (χ2v) is 7.82. The van der Waals surface area contributed by atoms with E-state index in [-0.39, 0.29) is 5.25 Å². The molecule has 0 fully saturated rings. The number of thioether (sulfide) groups is 1. The van der Waals surface area contributed by atoms with Crippen molar-refractivity contribution in [1.82, 2.24) is 14.3 Å². The van der Waals surface area contributed by atoms with Gasteiger partial charge in [-0.05, 0) is 19.2 Å². The van der Waals surface area contributed by atoms with E-state index in [0.717, 1.165) is 13.0 Å². The van der Waals surface area contributed by atoms with Crippen molar-refractivity contribution in [3.63, 3.8) is 0 Å². The van der Waals surface area contributed by atoms with Gasteiger partial charge in [-0.2, -0.15) is 24.5 Å². The third-order valence-electron chi connectivity index (χ3n) is 2.57. The smallest absolute Gasteiger partial charge is 0.279 e. The molecule has 0 aromatic carbocycles. The Morgan fingerprint density at radius 2 is 1.89 bits per heavy atom. The standard InChI is InChI=1S/C11H27N3O2S2/c1-10(2)12-7-6-8-14(4)18(15,16)13-9-11(3)17-5/h10-13H,6-9H2,1-5H3. The SMILES string of the molecule is CSC(C)CNS(=O)(=O)N(C)CCCNC(C)C. The molecule has 0 saturated carbocycles. The number of hydrogen-bond acceptors (Lipinski definition) is 4. The Labute approximate surface area is 116 Å². The molecule has 0 aliphatic heterocycles. The Hall–Kier alpha value is 0.180. The molecule has 1 atom stereocenters. The number of rotatable bonds is 10. The molecule has 0 radical (unpaired) electrons. The minimum absolute atomic E-state index is 0.288. The second kappa shape index (κ2) is 9.14. The van der Waals surface area contributed by atoms with Crippen LogP contribution in [0.25, 0.3) is 0 Å². The van der Waals surface area contributed by atoms with Crippen molar-refractivity contribution in [2.24, 2.45) is 0 Å². The van der Waals surface area contributed by atoms with Gasteiger partial charge in [-0.15, -0.1) is 0 Å². The summed E-state index contributed by atoms with van der Waals surface area (Å²) in [5.74, 6) is 0. The van der Waals surface area contributed by atoms with Crippen LogP contribution in [0, 0.1) is 0 Å². The van der Waals surface area contributed by atoms with Gasteiger partial charge in [-0.1, -0.05) is 20.8 Å². The van der Waals surface area contributed by atoms with Crippen molar-refractivity contribution >= 4 is 22.0 Å². The van der Waals surface area contributed by atoms with Gasteiger partial charge >= 0.3 is 0 Å². The van der Waals surface area contributed by atoms with Gasteiger partial charge in [0.05, 0.1) is 0 Å². The molecule has 110 valence electrons. The van der Waals surface area contributed by atoms with E-state index in [1.54, 1.807) is 18.8 Å². The molecule has 0 rings (SSSR count). The number of nitrogens with zero attached hydrogens (tertiary/aromatic N) is 1. The molecule has 0 spiro atoms. The number of nitrogens with one attached hydrogen (secondary N) is 2. The Morgan fingerprint density at radius 3 is 2.39 bits per heavy atom. The van der Waals surface area contributed by atoms with E-state index < -0.39 is 10.2 Å². The lowest BCUT2D eigenvalue weighted by molar-refractivity contribution is 0.439. The normalized spacial score (nSPS) is 14.4. The molecule has 0 aromatic heterocycles. The molecule has 1 unspecified atom stereocenters. The van der Waals surface area contributed by atoms with Crippen LogP contribution in [0.4, 0.5) is 0 Å². The second-order valence-electron chi connectivity index (χ2n) is 4.68. The van der Waals surface area contributed by atoms with Crippen molar-refractivity contribution < 1.29 is 8.42 Å². The van der Waals surface area contributed by atoms with Gasteiger partial charge in [0.1, 0.15) is 0 Å². The molecule has 0 aliphatic rings. The molecule has 0 saturated heterocycles. The highest BCUT2D eigenvalue weighted by Crippen LogP contribution is 2.04. The van der Waals surface area contributed by atoms with Crippen molar-refractivity contribution in [2.75, 3.05) is 32.9 Å². The van der Waals surface area contributed by atoms with E-state index in [2.05, 4.69) is 23.9 Å². The molecule has 5 nitrogen and oxygen atoms in total. The third-order valence-corrected chi connectivity index (χ3v) is 5.07. The van der Waals surface area contributed by atoms with E-state index in [0.29, 0.717) is 19.1 Å². The molecule has 0 heterocycles. The molecule has 0 aromatic rings. The average molecular weight is 297 g/mol. The molecular formula is C11H27N3O2S2. The first-order valence-electron chi connectivity index (χ1n) is 6.26. The topological polar surface area (TPSA) is 61.4 Å². The molecule has 0 aliphatic carbocycles.